The molecule has 1 aliphatic heterocycles. The first-order valence-electron chi connectivity index (χ1n) is 6.45. The van der Waals surface area contributed by atoms with Crippen molar-refractivity contribution in [3.8, 4) is 0 Å². The van der Waals surface area contributed by atoms with Crippen LogP contribution in [-0.4, -0.2) is 41.1 Å². The maximum absolute atomic E-state index is 11.7. The number of carbonyl (C=O) groups is 3. The van der Waals surface area contributed by atoms with Gasteiger partial charge >= 0.3 is 35.5 Å². The van der Waals surface area contributed by atoms with E-state index in [1.807, 2.05) is 24.3 Å². The summed E-state index contributed by atoms with van der Waals surface area (Å²) in [4.78, 5) is 39.5. The Morgan fingerprint density at radius 3 is 2.38 bits per heavy atom. The van der Waals surface area contributed by atoms with Gasteiger partial charge in [-0.3, -0.25) is 9.59 Å². The molecule has 1 heterocycles. The fraction of sp³-hybridized carbons (Fsp3) is 0.308. The molecule has 124 valence electrons. The van der Waals surface area contributed by atoms with Crippen LogP contribution in [0.3, 0.4) is 0 Å². The molecule has 24 heavy (non-hydrogen) atoms. The Morgan fingerprint density at radius 2 is 1.88 bits per heavy atom. The standard InChI is InChI=1S/C13H12INO7S.Na/c14-9-4-1-8(2-5-9)3-6-12(17)22-15-11(16)7-10(13(15)18)23(19,20)21;/h1-2,4-5,10H,3,6-7H2,(H,19,20,21);/q;+1/p-1/i14+4;. The number of halogens is 1. The van der Waals surface area contributed by atoms with Crippen LogP contribution in [0.2, 0.25) is 0 Å². The maximum atomic E-state index is 11.7. The third-order valence-corrected chi connectivity index (χ3v) is 4.92. The summed E-state index contributed by atoms with van der Waals surface area (Å²) in [5.41, 5.74) is 0.862. The normalized spacial score (nSPS) is 17.6. The molecule has 1 saturated heterocycles. The molecule has 2 amide bonds. The average Bonchev–Trinajstić information content (AvgIpc) is 2.75. The van der Waals surface area contributed by atoms with Gasteiger partial charge in [-0.1, -0.05) is 12.1 Å². The van der Waals surface area contributed by atoms with E-state index < -0.39 is 39.6 Å². The molecule has 1 atom stereocenters. The third-order valence-electron chi connectivity index (χ3n) is 3.13. The van der Waals surface area contributed by atoms with Crippen LogP contribution in [-0.2, 0) is 35.8 Å². The van der Waals surface area contributed by atoms with Crippen molar-refractivity contribution in [2.45, 2.75) is 24.5 Å². The first-order valence-corrected chi connectivity index (χ1v) is 9.00. The van der Waals surface area contributed by atoms with Gasteiger partial charge in [0, 0.05) is 3.57 Å². The number of hydroxylamine groups is 2. The van der Waals surface area contributed by atoms with Crippen LogP contribution in [0.5, 0.6) is 0 Å². The summed E-state index contributed by atoms with van der Waals surface area (Å²) in [6.45, 7) is 0. The predicted molar refractivity (Wildman–Crippen MR) is 83.5 cm³/mol. The molecule has 0 spiro atoms. The number of benzene rings is 1. The van der Waals surface area contributed by atoms with Crippen molar-refractivity contribution >= 4 is 50.5 Å². The molecule has 0 N–H and O–H groups in total. The minimum Gasteiger partial charge on any atom is -0.747 e. The number of amides is 2. The first-order chi connectivity index (χ1) is 10.7. The Labute approximate surface area is 174 Å². The van der Waals surface area contributed by atoms with Crippen molar-refractivity contribution in [1.29, 1.82) is 0 Å². The van der Waals surface area contributed by atoms with Gasteiger partial charge in [-0.15, -0.1) is 5.06 Å². The molecule has 0 radical (unpaired) electrons. The predicted octanol–water partition coefficient (Wildman–Crippen LogP) is -2.64. The van der Waals surface area contributed by atoms with E-state index in [-0.39, 0.29) is 41.0 Å². The molecule has 0 saturated carbocycles. The summed E-state index contributed by atoms with van der Waals surface area (Å²) in [7, 11) is -4.97. The summed E-state index contributed by atoms with van der Waals surface area (Å²) in [5.74, 6) is -3.22. The van der Waals surface area contributed by atoms with E-state index in [2.05, 4.69) is 27.4 Å². The monoisotopic (exact) mass is 479 g/mol. The van der Waals surface area contributed by atoms with E-state index in [0.717, 1.165) is 9.13 Å². The molecular weight excluding hydrogens is 468 g/mol. The number of imide groups is 1. The quantitative estimate of drug-likeness (QED) is 0.196. The Balaban J connectivity index is 0.00000288. The Morgan fingerprint density at radius 1 is 1.29 bits per heavy atom. The molecule has 1 aromatic carbocycles. The van der Waals surface area contributed by atoms with E-state index in [9.17, 15) is 27.4 Å². The maximum Gasteiger partial charge on any atom is 1.00 e. The average molecular weight is 479 g/mol. The number of hydrogen-bond donors (Lipinski definition) is 0. The van der Waals surface area contributed by atoms with Gasteiger partial charge < -0.3 is 9.39 Å². The van der Waals surface area contributed by atoms with E-state index in [1.165, 1.54) is 0 Å². The van der Waals surface area contributed by atoms with Crippen molar-refractivity contribution < 1.29 is 61.7 Å². The molecule has 1 unspecified atom stereocenters. The summed E-state index contributed by atoms with van der Waals surface area (Å²) >= 11 is 2.14. The van der Waals surface area contributed by atoms with E-state index in [1.54, 1.807) is 0 Å². The summed E-state index contributed by atoms with van der Waals surface area (Å²) in [6, 6.07) is 7.36. The van der Waals surface area contributed by atoms with Crippen molar-refractivity contribution in [3.05, 3.63) is 33.4 Å². The van der Waals surface area contributed by atoms with Gasteiger partial charge in [0.2, 0.25) is 0 Å². The second kappa shape index (κ2) is 8.72. The largest absolute Gasteiger partial charge is 1.00 e. The zero-order chi connectivity index (χ0) is 17.2. The fourth-order valence-corrected chi connectivity index (χ4v) is 3.00. The van der Waals surface area contributed by atoms with Gasteiger partial charge in [0.1, 0.15) is 15.4 Å². The number of nitrogens with zero attached hydrogens (tertiary/aromatic N) is 1. The Kier molecular flexibility index (Phi) is 7.81. The zero-order valence-corrected chi connectivity index (χ0v) is 17.6. The topological polar surface area (TPSA) is 121 Å². The Hall–Kier alpha value is -0.530. The van der Waals surface area contributed by atoms with Crippen LogP contribution in [0, 0.1) is 3.57 Å². The van der Waals surface area contributed by atoms with Crippen LogP contribution in [0.4, 0.5) is 0 Å². The minimum absolute atomic E-state index is 0. The summed E-state index contributed by atoms with van der Waals surface area (Å²) in [5, 5.41) is -1.96. The van der Waals surface area contributed by atoms with Crippen LogP contribution in [0.15, 0.2) is 24.3 Å². The van der Waals surface area contributed by atoms with E-state index in [4.69, 9.17) is 0 Å². The molecule has 1 aromatic rings. The van der Waals surface area contributed by atoms with Crippen LogP contribution in [0.25, 0.3) is 0 Å². The van der Waals surface area contributed by atoms with E-state index >= 15 is 0 Å². The van der Waals surface area contributed by atoms with Crippen LogP contribution in [0.1, 0.15) is 18.4 Å². The zero-order valence-electron chi connectivity index (χ0n) is 12.6. The Bertz CT molecular complexity index is 750. The van der Waals surface area contributed by atoms with Crippen molar-refractivity contribution in [1.82, 2.24) is 5.06 Å². The molecular formula is C13H11INNaO7S. The van der Waals surface area contributed by atoms with Gasteiger partial charge in [0.05, 0.1) is 12.8 Å². The molecule has 1 aliphatic rings. The molecule has 0 aliphatic carbocycles. The van der Waals surface area contributed by atoms with Gasteiger partial charge in [0.25, 0.3) is 11.8 Å². The third kappa shape index (κ3) is 5.49. The van der Waals surface area contributed by atoms with Gasteiger partial charge in [-0.2, -0.15) is 0 Å². The molecule has 0 bridgehead atoms. The van der Waals surface area contributed by atoms with Gasteiger partial charge in [-0.25, -0.2) is 13.2 Å². The second-order valence-corrected chi connectivity index (χ2v) is 7.60. The smallest absolute Gasteiger partial charge is 0.747 e. The van der Waals surface area contributed by atoms with Crippen molar-refractivity contribution in [2.24, 2.45) is 0 Å². The SMILES string of the molecule is O=C(CCc1ccc([131I])cc1)ON1C(=O)CC(S(=O)(=O)[O-])C1=O.[Na+]. The van der Waals surface area contributed by atoms with Gasteiger partial charge in [0.15, 0.2) is 0 Å². The molecule has 2 rings (SSSR count). The van der Waals surface area contributed by atoms with Crippen molar-refractivity contribution in [2.75, 3.05) is 0 Å². The summed E-state index contributed by atoms with van der Waals surface area (Å²) in [6.07, 6.45) is -0.587. The fourth-order valence-electron chi connectivity index (χ4n) is 1.95. The number of aryl methyl sites for hydroxylation is 1. The van der Waals surface area contributed by atoms with Crippen molar-refractivity contribution in [3.63, 3.8) is 0 Å². The molecule has 11 heteroatoms. The molecule has 8 nitrogen and oxygen atoms in total. The van der Waals surface area contributed by atoms with Gasteiger partial charge in [-0.05, 0) is 46.7 Å². The minimum atomic E-state index is -4.97. The number of hydrogen-bond acceptors (Lipinski definition) is 7. The second-order valence-electron chi connectivity index (χ2n) is 4.80. The number of carbonyl (C=O) groups excluding carboxylic acids is 3. The molecule has 1 fully saturated rings. The van der Waals surface area contributed by atoms with E-state index in [0.29, 0.717) is 6.42 Å². The molecule has 0 aromatic heterocycles. The van der Waals surface area contributed by atoms with Crippen LogP contribution >= 0.6 is 22.6 Å². The van der Waals surface area contributed by atoms with Crippen LogP contribution < -0.4 is 29.6 Å². The summed E-state index contributed by atoms with van der Waals surface area (Å²) < 4.78 is 33.6. The number of rotatable bonds is 5. The first kappa shape index (κ1) is 21.5.